The average molecular weight is 364 g/mol. The van der Waals surface area contributed by atoms with Crippen LogP contribution >= 0.6 is 7.82 Å². The predicted molar refractivity (Wildman–Crippen MR) is 62.6 cm³/mol. The third-order valence-electron chi connectivity index (χ3n) is 0. The molecule has 0 bridgehead atoms. The first-order valence-corrected chi connectivity index (χ1v) is 4.44. The number of hydrogen-bond acceptors (Lipinski definition) is 3. The van der Waals surface area contributed by atoms with Gasteiger partial charge < -0.3 is 14.7 Å². The van der Waals surface area contributed by atoms with Gasteiger partial charge >= 0.3 is 169 Å². The Bertz CT molecular complexity index is 199. The van der Waals surface area contributed by atoms with Gasteiger partial charge in [-0.25, -0.2) is 4.57 Å². The molecule has 0 fully saturated rings. The van der Waals surface area contributed by atoms with Crippen LogP contribution in [0, 0.1) is 0 Å². The second-order valence-corrected chi connectivity index (χ2v) is 2.88. The Morgan fingerprint density at radius 1 is 0.786 bits per heavy atom. The van der Waals surface area contributed by atoms with E-state index >= 15 is 0 Å². The van der Waals surface area contributed by atoms with Gasteiger partial charge in [-0.2, -0.15) is 8.42 Å². The molecule has 0 aromatic rings. The van der Waals surface area contributed by atoms with Gasteiger partial charge in [-0.3, -0.25) is 9.11 Å². The summed E-state index contributed by atoms with van der Waals surface area (Å²) >= 11 is 0. The van der Waals surface area contributed by atoms with E-state index in [1.165, 1.54) is 0 Å². The van der Waals surface area contributed by atoms with Crippen LogP contribution in [0.4, 0.5) is 0 Å². The van der Waals surface area contributed by atoms with Crippen molar-refractivity contribution < 1.29 is 36.8 Å². The molecule has 0 aromatic carbocycles. The third-order valence-corrected chi connectivity index (χ3v) is 0. The summed E-state index contributed by atoms with van der Waals surface area (Å²) in [6.45, 7) is 0. The van der Waals surface area contributed by atoms with Crippen LogP contribution in [0.1, 0.15) is 0 Å². The molecule has 0 spiro atoms. The van der Waals surface area contributed by atoms with E-state index in [-0.39, 0.29) is 151 Å². The van der Waals surface area contributed by atoms with Gasteiger partial charge in [0.05, 0.1) is 0 Å². The molecule has 14 heavy (non-hydrogen) atoms. The summed E-state index contributed by atoms with van der Waals surface area (Å²) in [7, 11) is -9.31. The summed E-state index contributed by atoms with van der Waals surface area (Å²) in [6.07, 6.45) is 0. The summed E-state index contributed by atoms with van der Waals surface area (Å²) in [5.74, 6) is 0. The molecule has 0 aliphatic rings. The van der Waals surface area contributed by atoms with E-state index in [4.69, 9.17) is 36.8 Å². The fourth-order valence-electron chi connectivity index (χ4n) is 0. The molecule has 0 heterocycles. The van der Waals surface area contributed by atoms with Gasteiger partial charge in [-0.05, 0) is 0 Å². The normalized spacial score (nSPS) is 8.36. The maximum atomic E-state index is 8.88. The molecule has 5 N–H and O–H groups in total. The van der Waals surface area contributed by atoms with Crippen molar-refractivity contribution in [3.05, 3.63) is 0 Å². The number of phosphoric acid groups is 1. The maximum absolute atomic E-state index is 8.88. The second kappa shape index (κ2) is 18.0. The van der Waals surface area contributed by atoms with Crippen LogP contribution in [0.2, 0.25) is 0 Å². The van der Waals surface area contributed by atoms with E-state index in [0.29, 0.717) is 0 Å². The van der Waals surface area contributed by atoms with E-state index in [0.717, 1.165) is 0 Å². The first-order chi connectivity index (χ1) is 4.00. The van der Waals surface area contributed by atoms with Gasteiger partial charge in [0, 0.05) is 0 Å². The fraction of sp³-hybridized carbons (Fsp3) is 0. The molecule has 80 valence electrons. The molecule has 0 aliphatic carbocycles. The Balaban J connectivity index is -0.0000000178. The van der Waals surface area contributed by atoms with Gasteiger partial charge in [0.2, 0.25) is 0 Å². The van der Waals surface area contributed by atoms with Gasteiger partial charge in [0.15, 0.2) is 0 Å². The summed E-state index contributed by atoms with van der Waals surface area (Å²) in [6, 6.07) is 0. The first-order valence-electron chi connectivity index (χ1n) is 1.48. The van der Waals surface area contributed by atoms with Crippen LogP contribution in [-0.4, -0.2) is 183 Å². The van der Waals surface area contributed by atoms with Gasteiger partial charge in [-0.1, -0.05) is 0 Å². The molecule has 0 aromatic heterocycles. The van der Waals surface area contributed by atoms with Crippen molar-refractivity contribution in [1.29, 1.82) is 0 Å². The zero-order valence-corrected chi connectivity index (χ0v) is 6.03. The molecular formula is H13Ca4O8PS. The first kappa shape index (κ1) is 36.4. The van der Waals surface area contributed by atoms with Crippen molar-refractivity contribution in [1.82, 2.24) is 0 Å². The van der Waals surface area contributed by atoms with Crippen molar-refractivity contribution in [2.45, 2.75) is 0 Å². The summed E-state index contributed by atoms with van der Waals surface area (Å²) in [4.78, 5) is 21.6. The van der Waals surface area contributed by atoms with Crippen molar-refractivity contribution >= 4 is 169 Å². The quantitative estimate of drug-likeness (QED) is 0.162. The van der Waals surface area contributed by atoms with Crippen molar-refractivity contribution in [3.8, 4) is 0 Å². The predicted octanol–water partition coefficient (Wildman–Crippen LogP) is -5.25. The molecule has 0 saturated carbocycles. The van der Waals surface area contributed by atoms with E-state index in [1.54, 1.807) is 0 Å². The Labute approximate surface area is 200 Å². The molecule has 8 nitrogen and oxygen atoms in total. The van der Waals surface area contributed by atoms with E-state index in [9.17, 15) is 0 Å². The Morgan fingerprint density at radius 3 is 0.786 bits per heavy atom. The summed E-state index contributed by atoms with van der Waals surface area (Å²) in [5.41, 5.74) is 0. The molecule has 0 rings (SSSR count). The molecule has 0 amide bonds. The van der Waals surface area contributed by atoms with Crippen LogP contribution in [-0.2, 0) is 15.0 Å². The standard InChI is InChI=1S/4Ca.H3O4P.H2O4S.8H/c;;;;2*1-5(2,3)4;;;;;;;;/h;;;;(H3,1,2,3,4);(H2,1,2,3,4);;;;;;;;. The minimum atomic E-state index is -4.67. The molecule has 0 saturated heterocycles. The van der Waals surface area contributed by atoms with Crippen LogP contribution in [0.5, 0.6) is 0 Å². The Kier molecular flexibility index (Phi) is 46.9. The van der Waals surface area contributed by atoms with E-state index < -0.39 is 18.2 Å². The van der Waals surface area contributed by atoms with Crippen LogP contribution < -0.4 is 0 Å². The molecule has 0 radical (unpaired) electrons. The molecular weight excluding hydrogens is 351 g/mol. The average Bonchev–Trinajstić information content (AvgIpc) is 1.12. The van der Waals surface area contributed by atoms with Crippen LogP contribution in [0.25, 0.3) is 0 Å². The molecule has 0 aliphatic heterocycles. The number of hydrogen-bond donors (Lipinski definition) is 5. The fourth-order valence-corrected chi connectivity index (χ4v) is 0. The van der Waals surface area contributed by atoms with Gasteiger partial charge in [0.1, 0.15) is 0 Å². The minimum absolute atomic E-state index is 0. The molecule has 14 heteroatoms. The molecule has 0 atom stereocenters. The van der Waals surface area contributed by atoms with Crippen molar-refractivity contribution in [3.63, 3.8) is 0 Å². The summed E-state index contributed by atoms with van der Waals surface area (Å²) in [5, 5.41) is 0. The van der Waals surface area contributed by atoms with Crippen LogP contribution in [0.3, 0.4) is 0 Å². The zero-order chi connectivity index (χ0) is 9.00. The third kappa shape index (κ3) is 173. The summed E-state index contributed by atoms with van der Waals surface area (Å²) < 4.78 is 40.5. The van der Waals surface area contributed by atoms with Crippen molar-refractivity contribution in [2.24, 2.45) is 0 Å². The second-order valence-electron chi connectivity index (χ2n) is 0.961. The zero-order valence-electron chi connectivity index (χ0n) is 4.32. The topological polar surface area (TPSA) is 152 Å². The molecule has 0 unspecified atom stereocenters. The Hall–Kier alpha value is 5.02. The van der Waals surface area contributed by atoms with E-state index in [2.05, 4.69) is 0 Å². The van der Waals surface area contributed by atoms with Gasteiger partial charge in [0.25, 0.3) is 0 Å². The van der Waals surface area contributed by atoms with E-state index in [1.807, 2.05) is 0 Å². The number of rotatable bonds is 0. The SMILES string of the molecule is O=P(O)(O)O.O=S(=O)(O)O.[CaH2].[CaH2].[CaH2].[CaH2]. The van der Waals surface area contributed by atoms with Gasteiger partial charge in [-0.15, -0.1) is 0 Å². The Morgan fingerprint density at radius 2 is 0.786 bits per heavy atom. The van der Waals surface area contributed by atoms with Crippen molar-refractivity contribution in [2.75, 3.05) is 0 Å². The van der Waals surface area contributed by atoms with Crippen LogP contribution in [0.15, 0.2) is 0 Å². The monoisotopic (exact) mass is 364 g/mol.